The number of carbonyl (C=O) groups excluding carboxylic acids is 1. The highest BCUT2D eigenvalue weighted by Crippen LogP contribution is 2.27. The lowest BCUT2D eigenvalue weighted by Crippen LogP contribution is -2.34. The van der Waals surface area contributed by atoms with Gasteiger partial charge in [-0.3, -0.25) is 9.69 Å². The smallest absolute Gasteiger partial charge is 0.293 e. The predicted molar refractivity (Wildman–Crippen MR) is 127 cm³/mol. The van der Waals surface area contributed by atoms with Gasteiger partial charge in [0.05, 0.1) is 26.1 Å². The Morgan fingerprint density at radius 1 is 1.26 bits per heavy atom. The van der Waals surface area contributed by atoms with E-state index >= 15 is 0 Å². The van der Waals surface area contributed by atoms with E-state index in [1.165, 1.54) is 30.2 Å². The number of nitrogen functional groups attached to an aromatic ring is 1. The fourth-order valence-corrected chi connectivity index (χ4v) is 4.17. The van der Waals surface area contributed by atoms with Crippen LogP contribution in [0.15, 0.2) is 27.9 Å². The van der Waals surface area contributed by atoms with Gasteiger partial charge >= 0.3 is 0 Å². The molecule has 1 aromatic carbocycles. The maximum atomic E-state index is 13.0. The number of methoxy groups -OCH3 is 2. The van der Waals surface area contributed by atoms with E-state index in [9.17, 15) is 4.79 Å². The SMILES string of the molecule is COc1ccc(/C=N/NC(=O)c2nnn(-c3nonc3N)c2CN(C)C2CCCCC2)cc1OC. The minimum Gasteiger partial charge on any atom is -0.493 e. The topological polar surface area (TPSA) is 159 Å². The molecule has 0 atom stereocenters. The number of benzene rings is 1. The molecule has 0 unspecified atom stereocenters. The summed E-state index contributed by atoms with van der Waals surface area (Å²) in [5.41, 5.74) is 9.73. The highest BCUT2D eigenvalue weighted by Gasteiger charge is 2.27. The van der Waals surface area contributed by atoms with Crippen LogP contribution in [0.3, 0.4) is 0 Å². The van der Waals surface area contributed by atoms with Crippen LogP contribution in [0.5, 0.6) is 11.5 Å². The second-order valence-electron chi connectivity index (χ2n) is 8.29. The molecule has 4 rings (SSSR count). The molecular formula is C22H29N9O4. The van der Waals surface area contributed by atoms with Crippen molar-refractivity contribution in [3.63, 3.8) is 0 Å². The lowest BCUT2D eigenvalue weighted by atomic mass is 9.94. The standard InChI is InChI=1S/C22H29N9O4/c1-30(15-7-5-4-6-8-15)13-16-19(25-29-31(16)21-20(23)27-35-28-21)22(32)26-24-12-14-9-10-17(33-2)18(11-14)34-3/h9-12,15H,4-8,13H2,1-3H3,(H2,23,27)(H,26,32)/b24-12+. The van der Waals surface area contributed by atoms with Crippen LogP contribution in [0.2, 0.25) is 0 Å². The van der Waals surface area contributed by atoms with Gasteiger partial charge in [-0.2, -0.15) is 9.78 Å². The van der Waals surface area contributed by atoms with E-state index in [0.29, 0.717) is 35.3 Å². The van der Waals surface area contributed by atoms with Gasteiger partial charge in [-0.05, 0) is 54.0 Å². The molecule has 35 heavy (non-hydrogen) atoms. The largest absolute Gasteiger partial charge is 0.493 e. The molecule has 0 bridgehead atoms. The number of rotatable bonds is 9. The van der Waals surface area contributed by atoms with Crippen molar-refractivity contribution in [3.8, 4) is 17.3 Å². The first kappa shape index (κ1) is 24.1. The highest BCUT2D eigenvalue weighted by atomic mass is 16.6. The summed E-state index contributed by atoms with van der Waals surface area (Å²) >= 11 is 0. The molecule has 13 nitrogen and oxygen atoms in total. The van der Waals surface area contributed by atoms with Gasteiger partial charge in [-0.25, -0.2) is 10.1 Å². The summed E-state index contributed by atoms with van der Waals surface area (Å²) < 4.78 is 16.6. The summed E-state index contributed by atoms with van der Waals surface area (Å²) in [6.07, 6.45) is 7.32. The molecule has 3 N–H and O–H groups in total. The zero-order chi connectivity index (χ0) is 24.8. The van der Waals surface area contributed by atoms with E-state index in [1.807, 2.05) is 7.05 Å². The molecule has 0 aliphatic heterocycles. The lowest BCUT2D eigenvalue weighted by molar-refractivity contribution is 0.0947. The van der Waals surface area contributed by atoms with Gasteiger partial charge in [0.25, 0.3) is 5.91 Å². The van der Waals surface area contributed by atoms with Gasteiger partial charge < -0.3 is 15.2 Å². The second kappa shape index (κ2) is 11.0. The van der Waals surface area contributed by atoms with E-state index in [2.05, 4.69) is 36.1 Å². The van der Waals surface area contributed by atoms with Crippen LogP contribution in [0, 0.1) is 0 Å². The number of hydrogen-bond donors (Lipinski definition) is 2. The third kappa shape index (κ3) is 5.40. The number of carbonyl (C=O) groups is 1. The number of nitrogens with one attached hydrogen (secondary N) is 1. The first-order valence-electron chi connectivity index (χ1n) is 11.3. The molecule has 1 amide bonds. The van der Waals surface area contributed by atoms with Crippen LogP contribution in [-0.2, 0) is 6.54 Å². The molecule has 1 fully saturated rings. The summed E-state index contributed by atoms with van der Waals surface area (Å²) in [5, 5.41) is 19.7. The second-order valence-corrected chi connectivity index (χ2v) is 8.29. The van der Waals surface area contributed by atoms with Crippen LogP contribution >= 0.6 is 0 Å². The molecular weight excluding hydrogens is 454 g/mol. The van der Waals surface area contributed by atoms with Crippen LogP contribution in [0.25, 0.3) is 5.82 Å². The Morgan fingerprint density at radius 2 is 2.03 bits per heavy atom. The van der Waals surface area contributed by atoms with E-state index in [1.54, 1.807) is 32.4 Å². The van der Waals surface area contributed by atoms with Gasteiger partial charge in [0.1, 0.15) is 0 Å². The number of nitrogens with two attached hydrogens (primary N) is 1. The fourth-order valence-electron chi connectivity index (χ4n) is 4.17. The number of hydrogen-bond acceptors (Lipinski definition) is 11. The summed E-state index contributed by atoms with van der Waals surface area (Å²) in [7, 11) is 5.13. The van der Waals surface area contributed by atoms with Crippen LogP contribution in [-0.4, -0.2) is 69.6 Å². The van der Waals surface area contributed by atoms with Crippen LogP contribution in [0.1, 0.15) is 53.8 Å². The quantitative estimate of drug-likeness (QED) is 0.339. The Bertz CT molecular complexity index is 1180. The van der Waals surface area contributed by atoms with Gasteiger partial charge in [0.2, 0.25) is 11.6 Å². The van der Waals surface area contributed by atoms with E-state index in [0.717, 1.165) is 12.8 Å². The highest BCUT2D eigenvalue weighted by molar-refractivity contribution is 5.94. The Hall–Kier alpha value is -4.00. The molecule has 1 aliphatic rings. The van der Waals surface area contributed by atoms with Crippen LogP contribution in [0.4, 0.5) is 5.82 Å². The number of anilines is 1. The Labute approximate surface area is 202 Å². The fraction of sp³-hybridized carbons (Fsp3) is 0.455. The Morgan fingerprint density at radius 3 is 2.71 bits per heavy atom. The van der Waals surface area contributed by atoms with Crippen molar-refractivity contribution in [2.24, 2.45) is 5.10 Å². The first-order valence-corrected chi connectivity index (χ1v) is 11.3. The first-order chi connectivity index (χ1) is 17.0. The Balaban J connectivity index is 1.55. The summed E-state index contributed by atoms with van der Waals surface area (Å²) in [6.45, 7) is 0.409. The average Bonchev–Trinajstić information content (AvgIpc) is 3.49. The van der Waals surface area contributed by atoms with Crippen molar-refractivity contribution in [1.82, 2.24) is 35.6 Å². The summed E-state index contributed by atoms with van der Waals surface area (Å²) in [6, 6.07) is 5.69. The number of amides is 1. The maximum Gasteiger partial charge on any atom is 0.293 e. The van der Waals surface area contributed by atoms with Crippen molar-refractivity contribution < 1.29 is 18.9 Å². The third-order valence-corrected chi connectivity index (χ3v) is 6.06. The molecule has 3 aromatic rings. The van der Waals surface area contributed by atoms with Gasteiger partial charge in [0, 0.05) is 12.6 Å². The lowest BCUT2D eigenvalue weighted by Gasteiger charge is -2.31. The number of ether oxygens (including phenoxy) is 2. The molecule has 0 saturated heterocycles. The minimum absolute atomic E-state index is 0.0508. The molecule has 1 aliphatic carbocycles. The number of aromatic nitrogens is 5. The van der Waals surface area contributed by atoms with Gasteiger partial charge in [-0.1, -0.05) is 24.5 Å². The molecule has 0 spiro atoms. The van der Waals surface area contributed by atoms with Crippen molar-refractivity contribution in [2.45, 2.75) is 44.7 Å². The van der Waals surface area contributed by atoms with E-state index in [4.69, 9.17) is 19.8 Å². The summed E-state index contributed by atoms with van der Waals surface area (Å²) in [5.74, 6) is 0.860. The van der Waals surface area contributed by atoms with Gasteiger partial charge in [0.15, 0.2) is 17.2 Å². The molecule has 0 radical (unpaired) electrons. The average molecular weight is 484 g/mol. The number of nitrogens with zero attached hydrogens (tertiary/aromatic N) is 7. The van der Waals surface area contributed by atoms with E-state index in [-0.39, 0.29) is 17.3 Å². The Kier molecular flexibility index (Phi) is 7.55. The number of hydrazone groups is 1. The minimum atomic E-state index is -0.518. The molecule has 2 aromatic heterocycles. The third-order valence-electron chi connectivity index (χ3n) is 6.06. The van der Waals surface area contributed by atoms with E-state index < -0.39 is 5.91 Å². The molecule has 1 saturated carbocycles. The zero-order valence-electron chi connectivity index (χ0n) is 20.0. The monoisotopic (exact) mass is 483 g/mol. The molecule has 186 valence electrons. The van der Waals surface area contributed by atoms with Crippen molar-refractivity contribution in [1.29, 1.82) is 0 Å². The van der Waals surface area contributed by atoms with Crippen molar-refractivity contribution in [3.05, 3.63) is 35.2 Å². The van der Waals surface area contributed by atoms with Crippen molar-refractivity contribution >= 4 is 17.9 Å². The van der Waals surface area contributed by atoms with Crippen LogP contribution < -0.4 is 20.6 Å². The predicted octanol–water partition coefficient (Wildman–Crippen LogP) is 1.78. The molecule has 2 heterocycles. The normalized spacial score (nSPS) is 14.5. The van der Waals surface area contributed by atoms with Crippen molar-refractivity contribution in [2.75, 3.05) is 27.0 Å². The summed E-state index contributed by atoms with van der Waals surface area (Å²) in [4.78, 5) is 15.2. The van der Waals surface area contributed by atoms with Gasteiger partial charge in [-0.15, -0.1) is 5.10 Å². The maximum absolute atomic E-state index is 13.0. The zero-order valence-corrected chi connectivity index (χ0v) is 20.0. The molecule has 13 heteroatoms.